The van der Waals surface area contributed by atoms with Gasteiger partial charge in [0.25, 0.3) is 0 Å². The Morgan fingerprint density at radius 1 is 1.10 bits per heavy atom. The highest BCUT2D eigenvalue weighted by Gasteiger charge is 2.04. The number of methoxy groups -OCH3 is 1. The van der Waals surface area contributed by atoms with Gasteiger partial charge in [0.05, 0.1) is 0 Å². The van der Waals surface area contributed by atoms with Crippen molar-refractivity contribution in [1.82, 2.24) is 15.0 Å². The van der Waals surface area contributed by atoms with Gasteiger partial charge in [-0.1, -0.05) is 0 Å². The van der Waals surface area contributed by atoms with Gasteiger partial charge in [0, 0.05) is 38.7 Å². The van der Waals surface area contributed by atoms with Crippen LogP contribution >= 0.6 is 0 Å². The number of aromatic nitrogens is 3. The summed E-state index contributed by atoms with van der Waals surface area (Å²) in [4.78, 5) is 12.8. The minimum atomic E-state index is 0.401. The predicted octanol–water partition coefficient (Wildman–Crippen LogP) is 2.10. The third-order valence-electron chi connectivity index (χ3n) is 2.87. The Balaban J connectivity index is 1.97. The molecular formula is C15H21N5O. The smallest absolute Gasteiger partial charge is 0.158 e. The van der Waals surface area contributed by atoms with Crippen LogP contribution in [0.4, 0.5) is 11.6 Å². The van der Waals surface area contributed by atoms with Crippen molar-refractivity contribution in [3.05, 3.63) is 42.0 Å². The fourth-order valence-electron chi connectivity index (χ4n) is 1.94. The number of nitrogens with zero attached hydrogens (tertiary/aromatic N) is 3. The molecule has 0 saturated heterocycles. The molecule has 0 fully saturated rings. The minimum Gasteiger partial charge on any atom is -0.377 e. The van der Waals surface area contributed by atoms with E-state index in [0.29, 0.717) is 12.4 Å². The van der Waals surface area contributed by atoms with Gasteiger partial charge in [-0.25, -0.2) is 9.97 Å². The molecule has 2 N–H and O–H groups in total. The van der Waals surface area contributed by atoms with Gasteiger partial charge in [0.15, 0.2) is 5.82 Å². The molecule has 2 aromatic heterocycles. The van der Waals surface area contributed by atoms with Gasteiger partial charge in [0.2, 0.25) is 0 Å². The summed E-state index contributed by atoms with van der Waals surface area (Å²) in [5.74, 6) is 2.29. The molecule has 0 aliphatic carbocycles. The van der Waals surface area contributed by atoms with E-state index in [2.05, 4.69) is 25.6 Å². The number of nitrogens with one attached hydrogen (secondary N) is 2. The molecule has 0 amide bonds. The van der Waals surface area contributed by atoms with Crippen molar-refractivity contribution < 1.29 is 4.74 Å². The molecule has 112 valence electrons. The van der Waals surface area contributed by atoms with Gasteiger partial charge in [-0.2, -0.15) is 0 Å². The summed E-state index contributed by atoms with van der Waals surface area (Å²) < 4.78 is 5.10. The van der Waals surface area contributed by atoms with E-state index in [9.17, 15) is 0 Å². The Morgan fingerprint density at radius 3 is 2.48 bits per heavy atom. The maximum Gasteiger partial charge on any atom is 0.158 e. The largest absolute Gasteiger partial charge is 0.377 e. The first-order valence-electron chi connectivity index (χ1n) is 7.05. The molecule has 0 aliphatic heterocycles. The van der Waals surface area contributed by atoms with Crippen molar-refractivity contribution in [3.63, 3.8) is 0 Å². The molecule has 0 radical (unpaired) electrons. The fraction of sp³-hybridized carbons (Fsp3) is 0.400. The first-order valence-corrected chi connectivity index (χ1v) is 7.05. The van der Waals surface area contributed by atoms with Crippen molar-refractivity contribution >= 4 is 11.6 Å². The monoisotopic (exact) mass is 287 g/mol. The molecule has 0 saturated carbocycles. The molecule has 0 aliphatic rings. The highest BCUT2D eigenvalue weighted by molar-refractivity contribution is 5.47. The Bertz CT molecular complexity index is 523. The molecule has 0 atom stereocenters. The summed E-state index contributed by atoms with van der Waals surface area (Å²) in [6.07, 6.45) is 4.53. The van der Waals surface area contributed by atoms with E-state index in [0.717, 1.165) is 31.1 Å². The number of anilines is 2. The lowest BCUT2D eigenvalue weighted by molar-refractivity contribution is 0.178. The van der Waals surface area contributed by atoms with Crippen molar-refractivity contribution in [1.29, 1.82) is 0 Å². The van der Waals surface area contributed by atoms with Crippen LogP contribution < -0.4 is 10.6 Å². The van der Waals surface area contributed by atoms with Gasteiger partial charge in [-0.15, -0.1) is 0 Å². The molecule has 6 heteroatoms. The minimum absolute atomic E-state index is 0.401. The molecule has 2 heterocycles. The summed E-state index contributed by atoms with van der Waals surface area (Å²) in [5.41, 5.74) is 1.25. The average Bonchev–Trinajstić information content (AvgIpc) is 2.49. The third kappa shape index (κ3) is 5.00. The lowest BCUT2D eigenvalue weighted by atomic mass is 10.2. The van der Waals surface area contributed by atoms with Crippen LogP contribution in [-0.2, 0) is 17.8 Å². The van der Waals surface area contributed by atoms with E-state index in [1.807, 2.05) is 25.1 Å². The van der Waals surface area contributed by atoms with Gasteiger partial charge in [0.1, 0.15) is 18.2 Å². The molecule has 6 nitrogen and oxygen atoms in total. The number of pyridine rings is 1. The highest BCUT2D eigenvalue weighted by Crippen LogP contribution is 2.12. The predicted molar refractivity (Wildman–Crippen MR) is 83.3 cm³/mol. The van der Waals surface area contributed by atoms with Crippen LogP contribution in [0, 0.1) is 0 Å². The van der Waals surface area contributed by atoms with E-state index < -0.39 is 0 Å². The fourth-order valence-corrected chi connectivity index (χ4v) is 1.94. The Morgan fingerprint density at radius 2 is 1.81 bits per heavy atom. The Labute approximate surface area is 125 Å². The summed E-state index contributed by atoms with van der Waals surface area (Å²) in [6, 6.07) is 5.94. The molecule has 0 bridgehead atoms. The standard InChI is InChI=1S/C15H21N5O/c1-3-17-13-10-14(20-15(19-13)11-21-2)18-9-6-12-4-7-16-8-5-12/h4-5,7-8,10H,3,6,9,11H2,1-2H3,(H2,17,18,19,20). The van der Waals surface area contributed by atoms with Crippen LogP contribution in [-0.4, -0.2) is 35.2 Å². The maximum atomic E-state index is 5.10. The van der Waals surface area contributed by atoms with E-state index in [4.69, 9.17) is 4.74 Å². The van der Waals surface area contributed by atoms with Gasteiger partial charge >= 0.3 is 0 Å². The molecule has 0 spiro atoms. The number of ether oxygens (including phenoxy) is 1. The van der Waals surface area contributed by atoms with Crippen molar-refractivity contribution in [2.75, 3.05) is 30.8 Å². The van der Waals surface area contributed by atoms with Crippen LogP contribution in [0.25, 0.3) is 0 Å². The number of hydrogen-bond donors (Lipinski definition) is 2. The third-order valence-corrected chi connectivity index (χ3v) is 2.87. The van der Waals surface area contributed by atoms with Crippen molar-refractivity contribution in [3.8, 4) is 0 Å². The summed E-state index contributed by atoms with van der Waals surface area (Å²) >= 11 is 0. The highest BCUT2D eigenvalue weighted by atomic mass is 16.5. The average molecular weight is 287 g/mol. The van der Waals surface area contributed by atoms with E-state index >= 15 is 0 Å². The maximum absolute atomic E-state index is 5.10. The second kappa shape index (κ2) is 8.16. The van der Waals surface area contributed by atoms with E-state index in [-0.39, 0.29) is 0 Å². The first-order chi connectivity index (χ1) is 10.3. The topological polar surface area (TPSA) is 72.0 Å². The van der Waals surface area contributed by atoms with Crippen LogP contribution in [0.15, 0.2) is 30.6 Å². The van der Waals surface area contributed by atoms with Gasteiger partial charge in [-0.05, 0) is 31.0 Å². The molecular weight excluding hydrogens is 266 g/mol. The zero-order chi connectivity index (χ0) is 14.9. The van der Waals surface area contributed by atoms with Crippen LogP contribution in [0.5, 0.6) is 0 Å². The van der Waals surface area contributed by atoms with Gasteiger partial charge in [-0.3, -0.25) is 4.98 Å². The summed E-state index contributed by atoms with van der Waals surface area (Å²) in [5, 5.41) is 6.52. The van der Waals surface area contributed by atoms with Crippen molar-refractivity contribution in [2.24, 2.45) is 0 Å². The lowest BCUT2D eigenvalue weighted by Gasteiger charge is -2.10. The molecule has 2 rings (SSSR count). The Hall–Kier alpha value is -2.21. The SMILES string of the molecule is CCNc1cc(NCCc2ccncc2)nc(COC)n1. The lowest BCUT2D eigenvalue weighted by Crippen LogP contribution is -2.10. The van der Waals surface area contributed by atoms with E-state index in [1.54, 1.807) is 19.5 Å². The van der Waals surface area contributed by atoms with Crippen LogP contribution in [0.3, 0.4) is 0 Å². The van der Waals surface area contributed by atoms with E-state index in [1.165, 1.54) is 5.56 Å². The van der Waals surface area contributed by atoms with Crippen LogP contribution in [0.1, 0.15) is 18.3 Å². The zero-order valence-corrected chi connectivity index (χ0v) is 12.5. The first kappa shape index (κ1) is 15.2. The number of rotatable bonds is 8. The molecule has 0 aromatic carbocycles. The van der Waals surface area contributed by atoms with Gasteiger partial charge < -0.3 is 15.4 Å². The summed E-state index contributed by atoms with van der Waals surface area (Å²) in [6.45, 7) is 4.06. The summed E-state index contributed by atoms with van der Waals surface area (Å²) in [7, 11) is 1.64. The normalized spacial score (nSPS) is 10.4. The second-order valence-corrected chi connectivity index (χ2v) is 4.55. The molecule has 2 aromatic rings. The number of hydrogen-bond acceptors (Lipinski definition) is 6. The van der Waals surface area contributed by atoms with Crippen molar-refractivity contribution in [2.45, 2.75) is 20.0 Å². The molecule has 21 heavy (non-hydrogen) atoms. The van der Waals surface area contributed by atoms with Crippen LogP contribution in [0.2, 0.25) is 0 Å². The molecule has 0 unspecified atom stereocenters. The second-order valence-electron chi connectivity index (χ2n) is 4.55. The zero-order valence-electron chi connectivity index (χ0n) is 12.5. The Kier molecular flexibility index (Phi) is 5.90. The quantitative estimate of drug-likeness (QED) is 0.774.